The maximum absolute atomic E-state index is 4.85. The Kier molecular flexibility index (Phi) is 61.0. The highest BCUT2D eigenvalue weighted by molar-refractivity contribution is 8.03. The highest BCUT2D eigenvalue weighted by atomic mass is 32.2. The second-order valence-electron chi connectivity index (χ2n) is 11.1. The Morgan fingerprint density at radius 1 is 0.667 bits per heavy atom. The van der Waals surface area contributed by atoms with Gasteiger partial charge >= 0.3 is 0 Å². The van der Waals surface area contributed by atoms with Crippen molar-refractivity contribution >= 4 is 40.7 Å². The Morgan fingerprint density at radius 2 is 0.956 bits per heavy atom. The largest absolute Gasteiger partial charge is 0.502 e. The molecule has 0 unspecified atom stereocenters. The maximum Gasteiger partial charge on any atom is 0.151 e. The molecular formula is C38H82N3O2S2+3. The zero-order chi connectivity index (χ0) is 37.6. The average Bonchev–Trinajstić information content (AvgIpc) is 3.47. The maximum atomic E-state index is 4.85. The smallest absolute Gasteiger partial charge is 0.151 e. The van der Waals surface area contributed by atoms with Gasteiger partial charge in [0, 0.05) is 40.5 Å². The summed E-state index contributed by atoms with van der Waals surface area (Å²) in [6.07, 6.45) is 8.77. The Morgan fingerprint density at radius 3 is 1.00 bits per heavy atom. The van der Waals surface area contributed by atoms with Crippen molar-refractivity contribution in [3.63, 3.8) is 0 Å². The van der Waals surface area contributed by atoms with Gasteiger partial charge in [-0.25, -0.2) is 13.7 Å². The first kappa shape index (κ1) is 58.8. The van der Waals surface area contributed by atoms with E-state index in [1.807, 2.05) is 62.1 Å². The lowest BCUT2D eigenvalue weighted by molar-refractivity contribution is -0.466. The van der Waals surface area contributed by atoms with E-state index in [0.29, 0.717) is 0 Å². The fourth-order valence-electron chi connectivity index (χ4n) is 1.72. The fraction of sp³-hybridized carbons (Fsp3) is 0.711. The van der Waals surface area contributed by atoms with E-state index in [1.165, 1.54) is 53.3 Å². The Balaban J connectivity index is -0.0000000742. The molecule has 270 valence electrons. The highest BCUT2D eigenvalue weighted by Crippen LogP contribution is 2.13. The number of hydrogen-bond acceptors (Lipinski definition) is 4. The SMILES string of the molecule is C=C(C)OC.C=C(C)OCC.C=C(C)SC.C=C(C)SCC.CC(C)=[N+](C)C.CC(C)=[N+](C)C.CCC.C[N+](C)=C1CCCC1. The van der Waals surface area contributed by atoms with Crippen molar-refractivity contribution in [2.24, 2.45) is 0 Å². The molecule has 1 rings (SSSR count). The lowest BCUT2D eigenvalue weighted by Crippen LogP contribution is -2.07. The Bertz CT molecular complexity index is 727. The lowest BCUT2D eigenvalue weighted by atomic mass is 10.3. The van der Waals surface area contributed by atoms with Gasteiger partial charge in [-0.15, -0.1) is 23.5 Å². The standard InChI is InChI=1S/C7H14N.2C5H12N.C5H10O.C5H10S.C4H8O.C4H8S.C3H8/c1-8(2)7-5-3-4-6-7;2*1-5(2)6(3)4;2*1-4-6-5(2)3;2*1-4(2)5-3;1-3-2/h3-6H2,1-2H3;2*1-4H3;2*2,4H2,1,3H3;2*1H2,2-3H3;3H2,1-2H3/q3*+1;;;;;. The van der Waals surface area contributed by atoms with Gasteiger partial charge in [-0.2, -0.15) is 0 Å². The van der Waals surface area contributed by atoms with Gasteiger partial charge in [-0.3, -0.25) is 0 Å². The summed E-state index contributed by atoms with van der Waals surface area (Å²) in [5.41, 5.74) is 4.31. The third-order valence-electron chi connectivity index (χ3n) is 5.08. The summed E-state index contributed by atoms with van der Waals surface area (Å²) in [4.78, 5) is 2.38. The molecule has 1 aliphatic carbocycles. The Hall–Kier alpha value is -1.73. The second-order valence-corrected chi connectivity index (χ2v) is 13.8. The van der Waals surface area contributed by atoms with Crippen molar-refractivity contribution in [2.45, 2.75) is 115 Å². The molecule has 0 amide bonds. The molecule has 0 N–H and O–H groups in total. The summed E-state index contributed by atoms with van der Waals surface area (Å²) in [6, 6.07) is 0. The first-order valence-corrected chi connectivity index (χ1v) is 18.2. The van der Waals surface area contributed by atoms with Gasteiger partial charge in [0.25, 0.3) is 0 Å². The van der Waals surface area contributed by atoms with Crippen LogP contribution in [0.3, 0.4) is 0 Å². The van der Waals surface area contributed by atoms with E-state index in [9.17, 15) is 0 Å². The normalized spacial score (nSPS) is 9.73. The van der Waals surface area contributed by atoms with E-state index in [0.717, 1.165) is 23.9 Å². The predicted molar refractivity (Wildman–Crippen MR) is 218 cm³/mol. The summed E-state index contributed by atoms with van der Waals surface area (Å²) in [5.74, 6) is 2.69. The quantitative estimate of drug-likeness (QED) is 0.159. The monoisotopic (exact) mass is 677 g/mol. The minimum Gasteiger partial charge on any atom is -0.502 e. The molecule has 0 aromatic carbocycles. The van der Waals surface area contributed by atoms with Crippen molar-refractivity contribution in [1.82, 2.24) is 0 Å². The van der Waals surface area contributed by atoms with Gasteiger partial charge in [-0.05, 0) is 69.3 Å². The van der Waals surface area contributed by atoms with E-state index in [2.05, 4.69) is 107 Å². The topological polar surface area (TPSA) is 27.5 Å². The molecule has 1 aliphatic rings. The van der Waals surface area contributed by atoms with Crippen LogP contribution in [0.25, 0.3) is 0 Å². The lowest BCUT2D eigenvalue weighted by Gasteiger charge is -1.95. The van der Waals surface area contributed by atoms with Crippen molar-refractivity contribution in [1.29, 1.82) is 0 Å². The first-order valence-electron chi connectivity index (χ1n) is 16.0. The van der Waals surface area contributed by atoms with Crippen LogP contribution in [-0.4, -0.2) is 98.9 Å². The molecule has 0 aromatic rings. The van der Waals surface area contributed by atoms with Crippen LogP contribution in [0.15, 0.2) is 47.6 Å². The van der Waals surface area contributed by atoms with Gasteiger partial charge in [-0.1, -0.05) is 53.5 Å². The average molecular weight is 677 g/mol. The van der Waals surface area contributed by atoms with Gasteiger partial charge in [0.2, 0.25) is 0 Å². The molecule has 0 saturated heterocycles. The van der Waals surface area contributed by atoms with E-state index in [1.54, 1.807) is 43.3 Å². The number of methoxy groups -OCH3 is 1. The van der Waals surface area contributed by atoms with E-state index < -0.39 is 0 Å². The summed E-state index contributed by atoms with van der Waals surface area (Å²) < 4.78 is 15.8. The summed E-state index contributed by atoms with van der Waals surface area (Å²) in [5, 5.41) is 0. The zero-order valence-electron chi connectivity index (χ0n) is 34.3. The molecule has 0 atom stereocenters. The van der Waals surface area contributed by atoms with Crippen LogP contribution in [0.5, 0.6) is 0 Å². The van der Waals surface area contributed by atoms with Crippen molar-refractivity contribution in [3.8, 4) is 0 Å². The molecule has 1 fully saturated rings. The number of ether oxygens (including phenoxy) is 2. The van der Waals surface area contributed by atoms with Gasteiger partial charge in [0.15, 0.2) is 5.71 Å². The molecule has 5 nitrogen and oxygen atoms in total. The van der Waals surface area contributed by atoms with E-state index in [4.69, 9.17) is 4.74 Å². The summed E-state index contributed by atoms with van der Waals surface area (Å²) in [6.45, 7) is 39.4. The van der Waals surface area contributed by atoms with Crippen LogP contribution < -0.4 is 0 Å². The first-order chi connectivity index (χ1) is 20.6. The molecule has 0 heterocycles. The third kappa shape index (κ3) is 92.2. The van der Waals surface area contributed by atoms with E-state index >= 15 is 0 Å². The zero-order valence-corrected chi connectivity index (χ0v) is 35.9. The molecule has 1 saturated carbocycles. The van der Waals surface area contributed by atoms with Crippen LogP contribution in [0.1, 0.15) is 115 Å². The molecule has 7 heteroatoms. The molecule has 0 spiro atoms. The van der Waals surface area contributed by atoms with Crippen molar-refractivity contribution < 1.29 is 23.2 Å². The second kappa shape index (κ2) is 46.7. The molecule has 0 aromatic heterocycles. The number of allylic oxidation sites excluding steroid dienone is 4. The number of thioether (sulfide) groups is 2. The Labute approximate surface area is 293 Å². The van der Waals surface area contributed by atoms with Crippen LogP contribution in [-0.2, 0) is 9.47 Å². The van der Waals surface area contributed by atoms with E-state index in [-0.39, 0.29) is 0 Å². The fourth-order valence-corrected chi connectivity index (χ4v) is 2.22. The van der Waals surface area contributed by atoms with Gasteiger partial charge in [0.1, 0.15) is 53.7 Å². The van der Waals surface area contributed by atoms with Crippen LogP contribution in [0, 0.1) is 0 Å². The molecule has 0 bridgehead atoms. The summed E-state index contributed by atoms with van der Waals surface area (Å²) >= 11 is 3.48. The van der Waals surface area contributed by atoms with Crippen LogP contribution >= 0.6 is 23.5 Å². The number of nitrogens with zero attached hydrogens (tertiary/aromatic N) is 3. The molecule has 0 aliphatic heterocycles. The molecule has 0 radical (unpaired) electrons. The van der Waals surface area contributed by atoms with Gasteiger partial charge < -0.3 is 9.47 Å². The van der Waals surface area contributed by atoms with Crippen molar-refractivity contribution in [3.05, 3.63) is 47.6 Å². The molecule has 45 heavy (non-hydrogen) atoms. The predicted octanol–water partition coefficient (Wildman–Crippen LogP) is 11.0. The number of rotatable bonds is 6. The van der Waals surface area contributed by atoms with Gasteiger partial charge in [0.05, 0.1) is 25.2 Å². The number of hydrogen-bond donors (Lipinski definition) is 0. The summed E-state index contributed by atoms with van der Waals surface area (Å²) in [7, 11) is 14.0. The molecular weight excluding hydrogens is 595 g/mol. The van der Waals surface area contributed by atoms with Crippen molar-refractivity contribution in [2.75, 3.05) is 68.0 Å². The van der Waals surface area contributed by atoms with Crippen LogP contribution in [0.4, 0.5) is 0 Å². The van der Waals surface area contributed by atoms with Crippen LogP contribution in [0.2, 0.25) is 0 Å². The minimum absolute atomic E-state index is 0.731. The highest BCUT2D eigenvalue weighted by Gasteiger charge is 2.13. The third-order valence-corrected chi connectivity index (χ3v) is 6.56. The minimum atomic E-state index is 0.731.